The Balaban J connectivity index is 2.30. The van der Waals surface area contributed by atoms with E-state index in [-0.39, 0.29) is 6.10 Å². The summed E-state index contributed by atoms with van der Waals surface area (Å²) >= 11 is 0. The van der Waals surface area contributed by atoms with Gasteiger partial charge in [-0.2, -0.15) is 0 Å². The molecule has 3 heteroatoms. The minimum absolute atomic E-state index is 0.240. The molecule has 2 N–H and O–H groups in total. The van der Waals surface area contributed by atoms with Crippen LogP contribution in [0.15, 0.2) is 0 Å². The Morgan fingerprint density at radius 3 is 2.87 bits per heavy atom. The Kier molecular flexibility index (Phi) is 5.03. The third kappa shape index (κ3) is 4.49. The van der Waals surface area contributed by atoms with Gasteiger partial charge in [0.15, 0.2) is 0 Å². The van der Waals surface area contributed by atoms with Gasteiger partial charge in [-0.05, 0) is 18.9 Å². The molecule has 2 atom stereocenters. The SMILES string of the molecule is CCC1CC(O)(CNCC(C)C)CCO1. The maximum Gasteiger partial charge on any atom is 0.0818 e. The molecule has 1 rings (SSSR count). The highest BCUT2D eigenvalue weighted by Crippen LogP contribution is 2.25. The lowest BCUT2D eigenvalue weighted by Crippen LogP contribution is -2.48. The first-order valence-electron chi connectivity index (χ1n) is 6.10. The van der Waals surface area contributed by atoms with Crippen molar-refractivity contribution in [3.8, 4) is 0 Å². The molecule has 0 amide bonds. The van der Waals surface area contributed by atoms with Gasteiger partial charge in [-0.3, -0.25) is 0 Å². The molecule has 0 aromatic carbocycles. The molecular weight excluding hydrogens is 190 g/mol. The van der Waals surface area contributed by atoms with Crippen molar-refractivity contribution in [1.82, 2.24) is 5.32 Å². The molecule has 1 saturated heterocycles. The molecule has 1 heterocycles. The molecule has 3 nitrogen and oxygen atoms in total. The zero-order valence-corrected chi connectivity index (χ0v) is 10.3. The van der Waals surface area contributed by atoms with Crippen molar-refractivity contribution in [2.75, 3.05) is 19.7 Å². The molecule has 15 heavy (non-hydrogen) atoms. The van der Waals surface area contributed by atoms with Crippen LogP contribution in [0, 0.1) is 5.92 Å². The molecule has 1 fully saturated rings. The van der Waals surface area contributed by atoms with E-state index >= 15 is 0 Å². The second-order valence-corrected chi connectivity index (χ2v) is 5.10. The Labute approximate surface area is 93.2 Å². The molecule has 0 spiro atoms. The van der Waals surface area contributed by atoms with Gasteiger partial charge >= 0.3 is 0 Å². The van der Waals surface area contributed by atoms with Gasteiger partial charge in [0.05, 0.1) is 11.7 Å². The predicted octanol–water partition coefficient (Wildman–Crippen LogP) is 1.55. The Bertz CT molecular complexity index is 184. The number of hydrogen-bond donors (Lipinski definition) is 2. The highest BCUT2D eigenvalue weighted by Gasteiger charge is 2.33. The zero-order chi connectivity index (χ0) is 11.3. The van der Waals surface area contributed by atoms with Gasteiger partial charge in [0.25, 0.3) is 0 Å². The fourth-order valence-corrected chi connectivity index (χ4v) is 2.02. The lowest BCUT2D eigenvalue weighted by atomic mass is 9.89. The summed E-state index contributed by atoms with van der Waals surface area (Å²) < 4.78 is 5.56. The Morgan fingerprint density at radius 2 is 2.27 bits per heavy atom. The number of rotatable bonds is 5. The van der Waals surface area contributed by atoms with Crippen LogP contribution >= 0.6 is 0 Å². The first-order valence-corrected chi connectivity index (χ1v) is 6.10. The highest BCUT2D eigenvalue weighted by atomic mass is 16.5. The van der Waals surface area contributed by atoms with E-state index in [0.717, 1.165) is 25.8 Å². The number of aliphatic hydroxyl groups is 1. The molecular formula is C12H25NO2. The van der Waals surface area contributed by atoms with Crippen molar-refractivity contribution < 1.29 is 9.84 Å². The predicted molar refractivity (Wildman–Crippen MR) is 61.9 cm³/mol. The first kappa shape index (κ1) is 12.9. The van der Waals surface area contributed by atoms with E-state index in [2.05, 4.69) is 26.1 Å². The van der Waals surface area contributed by atoms with Crippen LogP contribution in [-0.4, -0.2) is 36.5 Å². The van der Waals surface area contributed by atoms with Gasteiger partial charge in [0.2, 0.25) is 0 Å². The summed E-state index contributed by atoms with van der Waals surface area (Å²) in [6, 6.07) is 0. The second-order valence-electron chi connectivity index (χ2n) is 5.10. The van der Waals surface area contributed by atoms with Crippen LogP contribution in [0.3, 0.4) is 0 Å². The molecule has 90 valence electrons. The number of nitrogens with one attached hydrogen (secondary N) is 1. The monoisotopic (exact) mass is 215 g/mol. The molecule has 0 aromatic rings. The van der Waals surface area contributed by atoms with Crippen molar-refractivity contribution in [1.29, 1.82) is 0 Å². The van der Waals surface area contributed by atoms with E-state index in [1.807, 2.05) is 0 Å². The number of hydrogen-bond acceptors (Lipinski definition) is 3. The smallest absolute Gasteiger partial charge is 0.0818 e. The Hall–Kier alpha value is -0.120. The van der Waals surface area contributed by atoms with Crippen LogP contribution in [0.4, 0.5) is 0 Å². The van der Waals surface area contributed by atoms with E-state index in [1.165, 1.54) is 0 Å². The van der Waals surface area contributed by atoms with Gasteiger partial charge in [-0.25, -0.2) is 0 Å². The second kappa shape index (κ2) is 5.83. The fraction of sp³-hybridized carbons (Fsp3) is 1.00. The van der Waals surface area contributed by atoms with E-state index in [1.54, 1.807) is 0 Å². The Morgan fingerprint density at radius 1 is 1.53 bits per heavy atom. The standard InChI is InChI=1S/C12H25NO2/c1-4-11-7-12(14,5-6-15-11)9-13-8-10(2)3/h10-11,13-14H,4-9H2,1-3H3. The molecule has 0 radical (unpaired) electrons. The van der Waals surface area contributed by atoms with Gasteiger partial charge in [0, 0.05) is 26.0 Å². The average molecular weight is 215 g/mol. The van der Waals surface area contributed by atoms with Crippen LogP contribution in [0.1, 0.15) is 40.0 Å². The van der Waals surface area contributed by atoms with Crippen molar-refractivity contribution in [2.24, 2.45) is 5.92 Å². The van der Waals surface area contributed by atoms with Crippen molar-refractivity contribution in [3.63, 3.8) is 0 Å². The minimum Gasteiger partial charge on any atom is -0.388 e. The minimum atomic E-state index is -0.548. The molecule has 2 unspecified atom stereocenters. The first-order chi connectivity index (χ1) is 7.06. The molecule has 0 aromatic heterocycles. The summed E-state index contributed by atoms with van der Waals surface area (Å²) in [4.78, 5) is 0. The van der Waals surface area contributed by atoms with E-state index in [4.69, 9.17) is 4.74 Å². The largest absolute Gasteiger partial charge is 0.388 e. The van der Waals surface area contributed by atoms with Crippen LogP contribution < -0.4 is 5.32 Å². The lowest BCUT2D eigenvalue weighted by molar-refractivity contribution is -0.102. The third-order valence-corrected chi connectivity index (χ3v) is 2.99. The normalized spacial score (nSPS) is 32.2. The molecule has 0 saturated carbocycles. The van der Waals surface area contributed by atoms with Crippen molar-refractivity contribution in [2.45, 2.75) is 51.7 Å². The number of ether oxygens (including phenoxy) is 1. The summed E-state index contributed by atoms with van der Waals surface area (Å²) in [6.45, 7) is 8.83. The average Bonchev–Trinajstić information content (AvgIpc) is 2.16. The van der Waals surface area contributed by atoms with Gasteiger partial charge < -0.3 is 15.2 Å². The summed E-state index contributed by atoms with van der Waals surface area (Å²) in [7, 11) is 0. The topological polar surface area (TPSA) is 41.5 Å². The van der Waals surface area contributed by atoms with Crippen LogP contribution in [0.2, 0.25) is 0 Å². The van der Waals surface area contributed by atoms with Crippen LogP contribution in [-0.2, 0) is 4.74 Å². The molecule has 0 aliphatic carbocycles. The van der Waals surface area contributed by atoms with Gasteiger partial charge in [-0.1, -0.05) is 20.8 Å². The third-order valence-electron chi connectivity index (χ3n) is 2.99. The maximum absolute atomic E-state index is 10.3. The molecule has 1 aliphatic heterocycles. The quantitative estimate of drug-likeness (QED) is 0.731. The van der Waals surface area contributed by atoms with Gasteiger partial charge in [0.1, 0.15) is 0 Å². The van der Waals surface area contributed by atoms with Crippen molar-refractivity contribution in [3.05, 3.63) is 0 Å². The lowest BCUT2D eigenvalue weighted by Gasteiger charge is -2.37. The summed E-state index contributed by atoms with van der Waals surface area (Å²) in [5, 5.41) is 13.7. The van der Waals surface area contributed by atoms with Crippen LogP contribution in [0.25, 0.3) is 0 Å². The summed E-state index contributed by atoms with van der Waals surface area (Å²) in [5.74, 6) is 0.635. The maximum atomic E-state index is 10.3. The van der Waals surface area contributed by atoms with E-state index in [9.17, 15) is 5.11 Å². The molecule has 0 bridgehead atoms. The zero-order valence-electron chi connectivity index (χ0n) is 10.3. The van der Waals surface area contributed by atoms with E-state index in [0.29, 0.717) is 19.1 Å². The summed E-state index contributed by atoms with van der Waals surface area (Å²) in [6.07, 6.45) is 2.76. The van der Waals surface area contributed by atoms with Crippen molar-refractivity contribution >= 4 is 0 Å². The highest BCUT2D eigenvalue weighted by molar-refractivity contribution is 4.87. The van der Waals surface area contributed by atoms with E-state index < -0.39 is 5.60 Å². The molecule has 1 aliphatic rings. The van der Waals surface area contributed by atoms with Crippen LogP contribution in [0.5, 0.6) is 0 Å². The fourth-order valence-electron chi connectivity index (χ4n) is 2.02. The van der Waals surface area contributed by atoms with Gasteiger partial charge in [-0.15, -0.1) is 0 Å². The summed E-state index contributed by atoms with van der Waals surface area (Å²) in [5.41, 5.74) is -0.548.